The number of fused-ring (bicyclic) bond motifs is 1. The second kappa shape index (κ2) is 6.19. The van der Waals surface area contributed by atoms with Crippen LogP contribution in [-0.2, 0) is 32.3 Å². The monoisotopic (exact) mass is 272 g/mol. The van der Waals surface area contributed by atoms with E-state index in [-0.39, 0.29) is 25.2 Å². The highest BCUT2D eigenvalue weighted by atomic mass is 16.5. The molecule has 0 aliphatic rings. The van der Waals surface area contributed by atoms with Crippen molar-refractivity contribution in [3.63, 3.8) is 0 Å². The lowest BCUT2D eigenvalue weighted by Crippen LogP contribution is -2.00. The second-order valence-corrected chi connectivity index (χ2v) is 4.53. The summed E-state index contributed by atoms with van der Waals surface area (Å²) in [6.45, 7) is 3.30. The van der Waals surface area contributed by atoms with Gasteiger partial charge in [-0.25, -0.2) is 0 Å². The van der Waals surface area contributed by atoms with Crippen LogP contribution in [0, 0.1) is 0 Å². The molecule has 0 radical (unpaired) electrons. The largest absolute Gasteiger partial charge is 0.461 e. The SMILES string of the molecule is CC(=O)OCc1ccc2c(COC(C)=O)cccc2c1. The Balaban J connectivity index is 2.25. The van der Waals surface area contributed by atoms with Gasteiger partial charge < -0.3 is 9.47 Å². The molecule has 0 N–H and O–H groups in total. The van der Waals surface area contributed by atoms with Gasteiger partial charge in [-0.3, -0.25) is 9.59 Å². The van der Waals surface area contributed by atoms with Crippen molar-refractivity contribution < 1.29 is 19.1 Å². The molecule has 0 aliphatic carbocycles. The third kappa shape index (κ3) is 3.57. The lowest BCUT2D eigenvalue weighted by Gasteiger charge is -2.09. The summed E-state index contributed by atoms with van der Waals surface area (Å²) in [6, 6.07) is 11.6. The van der Waals surface area contributed by atoms with Gasteiger partial charge in [0.05, 0.1) is 0 Å². The summed E-state index contributed by atoms with van der Waals surface area (Å²) in [6.07, 6.45) is 0. The van der Waals surface area contributed by atoms with Crippen molar-refractivity contribution in [2.45, 2.75) is 27.1 Å². The van der Waals surface area contributed by atoms with Crippen LogP contribution < -0.4 is 0 Å². The molecule has 0 spiro atoms. The summed E-state index contributed by atoms with van der Waals surface area (Å²) < 4.78 is 10.0. The zero-order valence-electron chi connectivity index (χ0n) is 11.5. The minimum absolute atomic E-state index is 0.260. The van der Waals surface area contributed by atoms with E-state index >= 15 is 0 Å². The second-order valence-electron chi connectivity index (χ2n) is 4.53. The van der Waals surface area contributed by atoms with Crippen LogP contribution in [0.25, 0.3) is 10.8 Å². The Hall–Kier alpha value is -2.36. The molecule has 104 valence electrons. The molecule has 0 aliphatic heterocycles. The smallest absolute Gasteiger partial charge is 0.302 e. The third-order valence-electron chi connectivity index (χ3n) is 2.91. The van der Waals surface area contributed by atoms with Crippen LogP contribution in [-0.4, -0.2) is 11.9 Å². The van der Waals surface area contributed by atoms with Crippen molar-refractivity contribution in [1.82, 2.24) is 0 Å². The average Bonchev–Trinajstić information content (AvgIpc) is 2.42. The lowest BCUT2D eigenvalue weighted by molar-refractivity contribution is -0.143. The molecule has 0 aromatic heterocycles. The molecule has 0 atom stereocenters. The van der Waals surface area contributed by atoms with Crippen LogP contribution in [0.15, 0.2) is 36.4 Å². The summed E-state index contributed by atoms with van der Waals surface area (Å²) in [4.78, 5) is 21.7. The Kier molecular flexibility index (Phi) is 4.35. The first kappa shape index (κ1) is 14.1. The van der Waals surface area contributed by atoms with Crippen molar-refractivity contribution in [2.24, 2.45) is 0 Å². The van der Waals surface area contributed by atoms with Crippen LogP contribution in [0.1, 0.15) is 25.0 Å². The number of ether oxygens (including phenoxy) is 2. The minimum atomic E-state index is -0.298. The number of hydrogen-bond donors (Lipinski definition) is 0. The highest BCUT2D eigenvalue weighted by Crippen LogP contribution is 2.21. The summed E-state index contributed by atoms with van der Waals surface area (Å²) in [5.74, 6) is -0.595. The van der Waals surface area contributed by atoms with Crippen LogP contribution in [0.4, 0.5) is 0 Å². The Morgan fingerprint density at radius 1 is 0.950 bits per heavy atom. The molecular formula is C16H16O4. The van der Waals surface area contributed by atoms with E-state index in [2.05, 4.69) is 0 Å². The van der Waals surface area contributed by atoms with E-state index in [1.54, 1.807) is 0 Å². The number of benzene rings is 2. The Labute approximate surface area is 117 Å². The molecule has 4 heteroatoms. The van der Waals surface area contributed by atoms with Crippen LogP contribution in [0.3, 0.4) is 0 Å². The topological polar surface area (TPSA) is 52.6 Å². The standard InChI is InChI=1S/C16H16O4/c1-11(17)19-9-13-6-7-16-14(8-13)4-3-5-15(16)10-20-12(2)18/h3-8H,9-10H2,1-2H3. The van der Waals surface area contributed by atoms with Crippen LogP contribution in [0.2, 0.25) is 0 Å². The molecule has 0 bridgehead atoms. The first-order chi connectivity index (χ1) is 9.56. The number of carbonyl (C=O) groups is 2. The average molecular weight is 272 g/mol. The van der Waals surface area contributed by atoms with Crippen molar-refractivity contribution in [3.05, 3.63) is 47.5 Å². The van der Waals surface area contributed by atoms with Gasteiger partial charge >= 0.3 is 11.9 Å². The molecule has 0 heterocycles. The van der Waals surface area contributed by atoms with E-state index < -0.39 is 0 Å². The van der Waals surface area contributed by atoms with Gasteiger partial charge in [-0.2, -0.15) is 0 Å². The molecule has 20 heavy (non-hydrogen) atoms. The summed E-state index contributed by atoms with van der Waals surface area (Å²) in [5.41, 5.74) is 1.88. The van der Waals surface area contributed by atoms with Gasteiger partial charge in [-0.05, 0) is 28.0 Å². The van der Waals surface area contributed by atoms with E-state index in [0.717, 1.165) is 21.9 Å². The first-order valence-corrected chi connectivity index (χ1v) is 6.33. The van der Waals surface area contributed by atoms with Gasteiger partial charge in [0, 0.05) is 13.8 Å². The summed E-state index contributed by atoms with van der Waals surface area (Å²) in [7, 11) is 0. The van der Waals surface area contributed by atoms with Crippen LogP contribution >= 0.6 is 0 Å². The maximum absolute atomic E-state index is 10.9. The van der Waals surface area contributed by atoms with Gasteiger partial charge in [0.15, 0.2) is 0 Å². The minimum Gasteiger partial charge on any atom is -0.461 e. The van der Waals surface area contributed by atoms with Gasteiger partial charge in [0.2, 0.25) is 0 Å². The predicted molar refractivity (Wildman–Crippen MR) is 74.9 cm³/mol. The van der Waals surface area contributed by atoms with Gasteiger partial charge in [-0.15, -0.1) is 0 Å². The van der Waals surface area contributed by atoms with E-state index in [1.807, 2.05) is 36.4 Å². The molecule has 0 saturated carbocycles. The molecule has 2 aromatic carbocycles. The molecule has 0 amide bonds. The first-order valence-electron chi connectivity index (χ1n) is 6.33. The zero-order chi connectivity index (χ0) is 14.5. The maximum Gasteiger partial charge on any atom is 0.302 e. The van der Waals surface area contributed by atoms with Crippen molar-refractivity contribution in [1.29, 1.82) is 0 Å². The van der Waals surface area contributed by atoms with Crippen LogP contribution in [0.5, 0.6) is 0 Å². The zero-order valence-corrected chi connectivity index (χ0v) is 11.5. The molecule has 0 unspecified atom stereocenters. The highest BCUT2D eigenvalue weighted by molar-refractivity contribution is 5.86. The van der Waals surface area contributed by atoms with E-state index in [4.69, 9.17) is 9.47 Å². The van der Waals surface area contributed by atoms with E-state index in [9.17, 15) is 9.59 Å². The predicted octanol–water partition coefficient (Wildman–Crippen LogP) is 2.97. The number of esters is 2. The lowest BCUT2D eigenvalue weighted by atomic mass is 10.0. The summed E-state index contributed by atoms with van der Waals surface area (Å²) in [5, 5.41) is 2.06. The fraction of sp³-hybridized carbons (Fsp3) is 0.250. The maximum atomic E-state index is 10.9. The molecule has 4 nitrogen and oxygen atoms in total. The normalized spacial score (nSPS) is 10.3. The van der Waals surface area contributed by atoms with E-state index in [0.29, 0.717) is 0 Å². The fourth-order valence-electron chi connectivity index (χ4n) is 1.98. The van der Waals surface area contributed by atoms with E-state index in [1.165, 1.54) is 13.8 Å². The van der Waals surface area contributed by atoms with Gasteiger partial charge in [0.25, 0.3) is 0 Å². The fourth-order valence-corrected chi connectivity index (χ4v) is 1.98. The quantitative estimate of drug-likeness (QED) is 0.803. The molecule has 2 rings (SSSR count). The molecule has 0 saturated heterocycles. The van der Waals surface area contributed by atoms with Crippen molar-refractivity contribution in [3.8, 4) is 0 Å². The number of hydrogen-bond acceptors (Lipinski definition) is 4. The Morgan fingerprint density at radius 3 is 2.35 bits per heavy atom. The molecule has 0 fully saturated rings. The number of carbonyl (C=O) groups excluding carboxylic acids is 2. The number of rotatable bonds is 4. The Morgan fingerprint density at radius 2 is 1.65 bits per heavy atom. The van der Waals surface area contributed by atoms with Crippen molar-refractivity contribution in [2.75, 3.05) is 0 Å². The molecule has 2 aromatic rings. The van der Waals surface area contributed by atoms with Gasteiger partial charge in [0.1, 0.15) is 13.2 Å². The Bertz CT molecular complexity index is 646. The summed E-state index contributed by atoms with van der Waals surface area (Å²) >= 11 is 0. The van der Waals surface area contributed by atoms with Gasteiger partial charge in [-0.1, -0.05) is 30.3 Å². The van der Waals surface area contributed by atoms with Crippen molar-refractivity contribution >= 4 is 22.7 Å². The molecular weight excluding hydrogens is 256 g/mol. The highest BCUT2D eigenvalue weighted by Gasteiger charge is 2.04. The third-order valence-corrected chi connectivity index (χ3v) is 2.91.